The first kappa shape index (κ1) is 17.4. The van der Waals surface area contributed by atoms with E-state index in [1.165, 1.54) is 29.4 Å². The van der Waals surface area contributed by atoms with Crippen molar-refractivity contribution in [3.05, 3.63) is 46.9 Å². The molecule has 0 spiro atoms. The fourth-order valence-corrected chi connectivity index (χ4v) is 2.74. The van der Waals surface area contributed by atoms with Crippen LogP contribution in [0.4, 0.5) is 30.6 Å². The monoisotopic (exact) mass is 412 g/mol. The van der Waals surface area contributed by atoms with E-state index >= 15 is 0 Å². The van der Waals surface area contributed by atoms with Crippen LogP contribution in [0.3, 0.4) is 0 Å². The summed E-state index contributed by atoms with van der Waals surface area (Å²) >= 11 is 3.25. The maximum Gasteiger partial charge on any atom is 0.256 e. The predicted octanol–water partition coefficient (Wildman–Crippen LogP) is 3.62. The molecule has 0 aliphatic carbocycles. The van der Waals surface area contributed by atoms with Crippen molar-refractivity contribution in [3.8, 4) is 0 Å². The predicted molar refractivity (Wildman–Crippen MR) is 92.3 cm³/mol. The molecule has 1 aromatic carbocycles. The first-order valence-corrected chi connectivity index (χ1v) is 7.88. The second-order valence-corrected chi connectivity index (χ2v) is 5.93. The molecule has 0 saturated carbocycles. The lowest BCUT2D eigenvalue weighted by atomic mass is 10.2. The van der Waals surface area contributed by atoms with Crippen molar-refractivity contribution in [2.24, 2.45) is 5.84 Å². The molecule has 3 rings (SSSR count). The molecule has 6 nitrogen and oxygen atoms in total. The highest BCUT2D eigenvalue weighted by atomic mass is 79.9. The van der Waals surface area contributed by atoms with Crippen molar-refractivity contribution in [2.75, 3.05) is 16.9 Å². The quantitative estimate of drug-likeness (QED) is 0.492. The molecule has 0 saturated heterocycles. The number of nitrogens with two attached hydrogens (primary N) is 1. The molecule has 3 N–H and O–H groups in total. The van der Waals surface area contributed by atoms with E-state index in [0.717, 1.165) is 0 Å². The Morgan fingerprint density at radius 1 is 1.24 bits per heavy atom. The summed E-state index contributed by atoms with van der Waals surface area (Å²) < 4.78 is 41.4. The minimum absolute atomic E-state index is 0.0159. The summed E-state index contributed by atoms with van der Waals surface area (Å²) in [5.74, 6) is 4.68. The summed E-state index contributed by atoms with van der Waals surface area (Å²) in [6, 6.07) is 5.81. The zero-order valence-electron chi connectivity index (χ0n) is 12.6. The fraction of sp³-hybridized carbons (Fsp3) is 0.133. The molecule has 0 unspecified atom stereocenters. The average Bonchev–Trinajstić information content (AvgIpc) is 2.58. The summed E-state index contributed by atoms with van der Waals surface area (Å²) in [6.45, 7) is -0.706. The number of anilines is 3. The number of nitrogens with one attached hydrogen (secondary N) is 1. The van der Waals surface area contributed by atoms with E-state index in [4.69, 9.17) is 5.84 Å². The molecule has 0 fully saturated rings. The molecule has 0 aliphatic heterocycles. The molecule has 0 bridgehead atoms. The van der Waals surface area contributed by atoms with Crippen LogP contribution in [0.1, 0.15) is 0 Å². The Hall–Kier alpha value is -2.46. The van der Waals surface area contributed by atoms with Gasteiger partial charge < -0.3 is 4.90 Å². The minimum Gasteiger partial charge on any atom is -0.318 e. The van der Waals surface area contributed by atoms with E-state index in [1.807, 2.05) is 0 Å². The number of nitrogens with zero attached hydrogens (tertiary/aromatic N) is 4. The molecule has 0 amide bonds. The van der Waals surface area contributed by atoms with E-state index < -0.39 is 18.8 Å². The molecule has 130 valence electrons. The number of rotatable bonds is 5. The van der Waals surface area contributed by atoms with E-state index in [-0.39, 0.29) is 22.7 Å². The third-order valence-corrected chi connectivity index (χ3v) is 3.79. The van der Waals surface area contributed by atoms with Crippen molar-refractivity contribution in [3.63, 3.8) is 0 Å². The number of alkyl halides is 2. The van der Waals surface area contributed by atoms with Crippen LogP contribution in [-0.2, 0) is 0 Å². The van der Waals surface area contributed by atoms with Crippen molar-refractivity contribution < 1.29 is 13.2 Å². The van der Waals surface area contributed by atoms with Gasteiger partial charge in [-0.2, -0.15) is 4.98 Å². The van der Waals surface area contributed by atoms with Gasteiger partial charge in [-0.15, -0.1) is 0 Å². The molecule has 3 aromatic rings. The van der Waals surface area contributed by atoms with Crippen LogP contribution in [0.25, 0.3) is 10.9 Å². The second kappa shape index (κ2) is 7.19. The standard InChI is InChI=1S/C15H12BrF3N6/c16-8-4-9(6-21-5-8)25(7-12(18)19)14-13-10(17)2-1-3-11(13)22-15(23-14)24-20/h1-6,12H,7,20H2,(H,22,23,24). The Morgan fingerprint density at radius 3 is 2.72 bits per heavy atom. The summed E-state index contributed by atoms with van der Waals surface area (Å²) in [5.41, 5.74) is 2.82. The van der Waals surface area contributed by atoms with Gasteiger partial charge in [0.25, 0.3) is 6.43 Å². The van der Waals surface area contributed by atoms with Crippen LogP contribution >= 0.6 is 15.9 Å². The zero-order chi connectivity index (χ0) is 18.0. The lowest BCUT2D eigenvalue weighted by molar-refractivity contribution is 0.158. The summed E-state index contributed by atoms with van der Waals surface area (Å²) in [4.78, 5) is 13.3. The number of aromatic nitrogens is 3. The summed E-state index contributed by atoms with van der Waals surface area (Å²) in [5, 5.41) is 0.0159. The van der Waals surface area contributed by atoms with Gasteiger partial charge in [0.15, 0.2) is 0 Å². The number of benzene rings is 1. The van der Waals surface area contributed by atoms with Gasteiger partial charge in [-0.05, 0) is 34.1 Å². The molecule has 2 heterocycles. The van der Waals surface area contributed by atoms with Gasteiger partial charge in [0.1, 0.15) is 11.6 Å². The molecular weight excluding hydrogens is 401 g/mol. The highest BCUT2D eigenvalue weighted by Crippen LogP contribution is 2.33. The number of halogens is 4. The van der Waals surface area contributed by atoms with Crippen molar-refractivity contribution >= 4 is 44.3 Å². The van der Waals surface area contributed by atoms with Crippen LogP contribution in [-0.4, -0.2) is 27.9 Å². The Labute approximate surface area is 149 Å². The van der Waals surface area contributed by atoms with Crippen LogP contribution in [0.5, 0.6) is 0 Å². The highest BCUT2D eigenvalue weighted by molar-refractivity contribution is 9.10. The molecule has 2 aromatic heterocycles. The lowest BCUT2D eigenvalue weighted by Crippen LogP contribution is -2.26. The normalized spacial score (nSPS) is 11.1. The van der Waals surface area contributed by atoms with Crippen LogP contribution in [0, 0.1) is 5.82 Å². The van der Waals surface area contributed by atoms with Crippen LogP contribution in [0.15, 0.2) is 41.1 Å². The molecule has 25 heavy (non-hydrogen) atoms. The topological polar surface area (TPSA) is 80.0 Å². The van der Waals surface area contributed by atoms with Crippen molar-refractivity contribution in [2.45, 2.75) is 6.43 Å². The first-order valence-electron chi connectivity index (χ1n) is 7.08. The Kier molecular flexibility index (Phi) is 5.00. The number of pyridine rings is 1. The largest absolute Gasteiger partial charge is 0.318 e. The van der Waals surface area contributed by atoms with Crippen LogP contribution < -0.4 is 16.2 Å². The van der Waals surface area contributed by atoms with Gasteiger partial charge >= 0.3 is 0 Å². The van der Waals surface area contributed by atoms with Crippen LogP contribution in [0.2, 0.25) is 0 Å². The Balaban J connectivity index is 2.28. The fourth-order valence-electron chi connectivity index (χ4n) is 2.38. The van der Waals surface area contributed by atoms with Gasteiger partial charge in [-0.25, -0.2) is 24.0 Å². The lowest BCUT2D eigenvalue weighted by Gasteiger charge is -2.25. The maximum absolute atomic E-state index is 14.4. The van der Waals surface area contributed by atoms with Crippen molar-refractivity contribution in [1.82, 2.24) is 15.0 Å². The number of nitrogen functional groups attached to an aromatic ring is 1. The smallest absolute Gasteiger partial charge is 0.256 e. The summed E-state index contributed by atoms with van der Waals surface area (Å²) in [6.07, 6.45) is 0.206. The molecule has 0 atom stereocenters. The summed E-state index contributed by atoms with van der Waals surface area (Å²) in [7, 11) is 0. The third kappa shape index (κ3) is 3.64. The van der Waals surface area contributed by atoms with Gasteiger partial charge in [0.2, 0.25) is 5.95 Å². The number of fused-ring (bicyclic) bond motifs is 1. The zero-order valence-corrected chi connectivity index (χ0v) is 14.2. The maximum atomic E-state index is 14.4. The Bertz CT molecular complexity index is 908. The van der Waals surface area contributed by atoms with E-state index in [2.05, 4.69) is 36.3 Å². The van der Waals surface area contributed by atoms with Gasteiger partial charge in [-0.1, -0.05) is 6.07 Å². The molecule has 10 heteroatoms. The third-order valence-electron chi connectivity index (χ3n) is 3.36. The molecule has 0 radical (unpaired) electrons. The van der Waals surface area contributed by atoms with E-state index in [9.17, 15) is 13.2 Å². The average molecular weight is 413 g/mol. The van der Waals surface area contributed by atoms with E-state index in [0.29, 0.717) is 10.2 Å². The van der Waals surface area contributed by atoms with Crippen molar-refractivity contribution in [1.29, 1.82) is 0 Å². The number of hydrogen-bond acceptors (Lipinski definition) is 6. The minimum atomic E-state index is -2.69. The van der Waals surface area contributed by atoms with Gasteiger partial charge in [0.05, 0.1) is 29.3 Å². The number of hydrogen-bond donors (Lipinski definition) is 2. The SMILES string of the molecule is NNc1nc(N(CC(F)F)c2cncc(Br)c2)c2c(F)cccc2n1. The van der Waals surface area contributed by atoms with Gasteiger partial charge in [-0.3, -0.25) is 10.4 Å². The first-order chi connectivity index (χ1) is 12.0. The van der Waals surface area contributed by atoms with Gasteiger partial charge in [0, 0.05) is 10.7 Å². The highest BCUT2D eigenvalue weighted by Gasteiger charge is 2.22. The second-order valence-electron chi connectivity index (χ2n) is 5.01. The molecule has 0 aliphatic rings. The van der Waals surface area contributed by atoms with E-state index in [1.54, 1.807) is 12.1 Å². The molecular formula is C15H12BrF3N6. The Morgan fingerprint density at radius 2 is 2.04 bits per heavy atom. The number of hydrazine groups is 1.